The highest BCUT2D eigenvalue weighted by Gasteiger charge is 2.47. The molecular formula is C36H38ClF2N7O4. The number of piperazine rings is 1. The van der Waals surface area contributed by atoms with E-state index in [4.69, 9.17) is 16.6 Å². The lowest BCUT2D eigenvalue weighted by atomic mass is 9.97. The van der Waals surface area contributed by atoms with E-state index in [0.717, 1.165) is 0 Å². The van der Waals surface area contributed by atoms with Gasteiger partial charge in [-0.3, -0.25) is 23.9 Å². The molecule has 1 fully saturated rings. The van der Waals surface area contributed by atoms with Crippen molar-refractivity contribution in [1.29, 1.82) is 0 Å². The highest BCUT2D eigenvalue weighted by molar-refractivity contribution is 6.34. The molecule has 2 amide bonds. The van der Waals surface area contributed by atoms with Crippen molar-refractivity contribution in [1.82, 2.24) is 24.3 Å². The fourth-order valence-corrected chi connectivity index (χ4v) is 7.13. The summed E-state index contributed by atoms with van der Waals surface area (Å²) in [5.41, 5.74) is 1.37. The van der Waals surface area contributed by atoms with Crippen LogP contribution >= 0.6 is 11.6 Å². The van der Waals surface area contributed by atoms with Crippen LogP contribution in [0.15, 0.2) is 53.7 Å². The third-order valence-electron chi connectivity index (χ3n) is 9.32. The number of likely N-dealkylation sites (N-methyl/N-ethyl adjacent to an activating group) is 1. The molecule has 0 radical (unpaired) electrons. The molecule has 1 aromatic carbocycles. The van der Waals surface area contributed by atoms with E-state index in [-0.39, 0.29) is 53.2 Å². The van der Waals surface area contributed by atoms with Crippen LogP contribution in [0.5, 0.6) is 5.75 Å². The Hall–Kier alpha value is -4.88. The van der Waals surface area contributed by atoms with Gasteiger partial charge in [-0.2, -0.15) is 0 Å². The molecule has 11 nitrogen and oxygen atoms in total. The van der Waals surface area contributed by atoms with Gasteiger partial charge in [0.2, 0.25) is 0 Å². The lowest BCUT2D eigenvalue weighted by molar-refractivity contribution is -0.133. The van der Waals surface area contributed by atoms with Gasteiger partial charge in [-0.05, 0) is 63.7 Å². The highest BCUT2D eigenvalue weighted by atomic mass is 35.5. The summed E-state index contributed by atoms with van der Waals surface area (Å²) < 4.78 is 30.9. The maximum absolute atomic E-state index is 15.3. The first-order valence-corrected chi connectivity index (χ1v) is 16.6. The van der Waals surface area contributed by atoms with E-state index in [2.05, 4.69) is 11.6 Å². The number of phenols is 1. The van der Waals surface area contributed by atoms with Gasteiger partial charge >= 0.3 is 0 Å². The fourth-order valence-electron chi connectivity index (χ4n) is 6.89. The SMILES string of the molecule is C=C(F)C(=O)N1CC2C(=O)N(CCN(C)C)c3c(c4cc(Cl)c(-c5c(O)cccc5F)nc4n(-c4c(C)ccnc4C(C)C)c3=O)N2CC1C. The topological polar surface area (TPSA) is 115 Å². The number of pyridine rings is 3. The summed E-state index contributed by atoms with van der Waals surface area (Å²) in [7, 11) is 3.68. The monoisotopic (exact) mass is 705 g/mol. The van der Waals surface area contributed by atoms with Crippen LogP contribution in [-0.2, 0) is 9.59 Å². The molecule has 0 bridgehead atoms. The fraction of sp³-hybridized carbons (Fsp3) is 0.361. The van der Waals surface area contributed by atoms with Gasteiger partial charge in [-0.15, -0.1) is 0 Å². The van der Waals surface area contributed by atoms with Crippen molar-refractivity contribution in [3.8, 4) is 22.7 Å². The number of aryl methyl sites for hydroxylation is 1. The van der Waals surface area contributed by atoms with E-state index in [9.17, 15) is 19.1 Å². The number of nitrogens with zero attached hydrogens (tertiary/aromatic N) is 7. The van der Waals surface area contributed by atoms with Crippen LogP contribution in [-0.4, -0.2) is 93.6 Å². The van der Waals surface area contributed by atoms with Crippen LogP contribution in [0.25, 0.3) is 28.0 Å². The number of carbonyl (C=O) groups excluding carboxylic acids is 2. The minimum Gasteiger partial charge on any atom is -0.507 e. The Labute approximate surface area is 293 Å². The molecular weight excluding hydrogens is 668 g/mol. The second-order valence-corrected chi connectivity index (χ2v) is 13.8. The molecule has 1 saturated heterocycles. The van der Waals surface area contributed by atoms with Crippen molar-refractivity contribution in [2.45, 2.75) is 45.7 Å². The highest BCUT2D eigenvalue weighted by Crippen LogP contribution is 2.45. The molecule has 0 saturated carbocycles. The Bertz CT molecular complexity index is 2120. The van der Waals surface area contributed by atoms with Gasteiger partial charge < -0.3 is 24.7 Å². The number of anilines is 2. The Morgan fingerprint density at radius 3 is 2.52 bits per heavy atom. The van der Waals surface area contributed by atoms with Crippen LogP contribution in [0.1, 0.15) is 37.9 Å². The van der Waals surface area contributed by atoms with Gasteiger partial charge in [0.25, 0.3) is 17.4 Å². The first-order chi connectivity index (χ1) is 23.6. The number of halogens is 3. The maximum Gasteiger partial charge on any atom is 0.283 e. The van der Waals surface area contributed by atoms with E-state index in [0.29, 0.717) is 34.6 Å². The van der Waals surface area contributed by atoms with Gasteiger partial charge in [0.1, 0.15) is 23.3 Å². The summed E-state index contributed by atoms with van der Waals surface area (Å²) in [6, 6.07) is 5.60. The van der Waals surface area contributed by atoms with Gasteiger partial charge in [0.15, 0.2) is 11.5 Å². The number of hydrogen-bond acceptors (Lipinski definition) is 8. The molecule has 2 aliphatic rings. The van der Waals surface area contributed by atoms with Crippen molar-refractivity contribution >= 4 is 45.8 Å². The van der Waals surface area contributed by atoms with Crippen molar-refractivity contribution in [2.75, 3.05) is 50.1 Å². The molecule has 1 N–H and O–H groups in total. The van der Waals surface area contributed by atoms with E-state index in [1.807, 2.05) is 39.8 Å². The Morgan fingerprint density at radius 2 is 1.88 bits per heavy atom. The normalized spacial score (nSPS) is 17.5. The van der Waals surface area contributed by atoms with Crippen LogP contribution in [0.2, 0.25) is 5.02 Å². The van der Waals surface area contributed by atoms with Gasteiger partial charge in [-0.1, -0.05) is 38.1 Å². The molecule has 50 heavy (non-hydrogen) atoms. The molecule has 4 aromatic rings. The zero-order chi connectivity index (χ0) is 36.3. The maximum atomic E-state index is 15.3. The quantitative estimate of drug-likeness (QED) is 0.262. The lowest BCUT2D eigenvalue weighted by Crippen LogP contribution is -2.67. The summed E-state index contributed by atoms with van der Waals surface area (Å²) in [6.07, 6.45) is 1.65. The molecule has 5 heterocycles. The standard InChI is InChI=1S/C36H38ClF2N7O4/c1-18(2)28-30(19(3)11-12-40-28)46-33-22(15-23(37)29(41-33)27-24(39)9-8-10-26(27)47)31-32(36(46)50)43(14-13-42(6)7)35(49)25-17-44(34(48)21(5)38)20(4)16-45(25)31/h8-12,15,18,20,25,47H,5,13-14,16-17H2,1-4,6-7H3. The summed E-state index contributed by atoms with van der Waals surface area (Å²) >= 11 is 6.90. The van der Waals surface area contributed by atoms with Crippen molar-refractivity contribution < 1.29 is 23.5 Å². The zero-order valence-electron chi connectivity index (χ0n) is 28.7. The number of aromatic hydroxyl groups is 1. The Kier molecular flexibility index (Phi) is 9.16. The minimum atomic E-state index is -1.14. The van der Waals surface area contributed by atoms with Gasteiger partial charge in [0, 0.05) is 37.3 Å². The first kappa shape index (κ1) is 35.0. The number of amides is 2. The average molecular weight is 706 g/mol. The summed E-state index contributed by atoms with van der Waals surface area (Å²) in [5, 5.41) is 11.1. The van der Waals surface area contributed by atoms with E-state index in [1.165, 1.54) is 32.6 Å². The molecule has 0 spiro atoms. The molecule has 14 heteroatoms. The third kappa shape index (κ3) is 5.67. The van der Waals surface area contributed by atoms with Crippen LogP contribution in [0.4, 0.5) is 20.2 Å². The summed E-state index contributed by atoms with van der Waals surface area (Å²) in [5.74, 6) is -3.79. The Balaban J connectivity index is 1.76. The number of rotatable bonds is 7. The Morgan fingerprint density at radius 1 is 1.16 bits per heavy atom. The van der Waals surface area contributed by atoms with Gasteiger partial charge in [-0.25, -0.2) is 13.8 Å². The largest absolute Gasteiger partial charge is 0.507 e. The molecule has 2 aliphatic heterocycles. The second kappa shape index (κ2) is 13.1. The molecule has 0 aliphatic carbocycles. The number of carbonyl (C=O) groups is 2. The second-order valence-electron chi connectivity index (χ2n) is 13.4. The number of benzene rings is 1. The van der Waals surface area contributed by atoms with Crippen LogP contribution in [0.3, 0.4) is 0 Å². The van der Waals surface area contributed by atoms with Gasteiger partial charge in [0.05, 0.1) is 39.9 Å². The number of fused-ring (bicyclic) bond motifs is 5. The molecule has 6 rings (SSSR count). The smallest absolute Gasteiger partial charge is 0.283 e. The molecule has 2 atom stereocenters. The van der Waals surface area contributed by atoms with Crippen LogP contribution in [0, 0.1) is 12.7 Å². The van der Waals surface area contributed by atoms with Crippen molar-refractivity contribution in [2.24, 2.45) is 0 Å². The van der Waals surface area contributed by atoms with Crippen LogP contribution < -0.4 is 15.4 Å². The molecule has 262 valence electrons. The lowest BCUT2D eigenvalue weighted by Gasteiger charge is -2.50. The number of hydrogen-bond donors (Lipinski definition) is 1. The first-order valence-electron chi connectivity index (χ1n) is 16.2. The minimum absolute atomic E-state index is 0.0128. The number of aromatic nitrogens is 3. The number of phenolic OH excluding ortho intramolecular Hbond substituents is 1. The van der Waals surface area contributed by atoms with E-state index in [1.54, 1.807) is 30.2 Å². The summed E-state index contributed by atoms with van der Waals surface area (Å²) in [4.78, 5) is 58.3. The molecule has 3 aromatic heterocycles. The van der Waals surface area contributed by atoms with E-state index < -0.39 is 46.9 Å². The third-order valence-corrected chi connectivity index (χ3v) is 9.60. The predicted molar refractivity (Wildman–Crippen MR) is 189 cm³/mol. The van der Waals surface area contributed by atoms with E-state index >= 15 is 9.18 Å². The van der Waals surface area contributed by atoms with Crippen molar-refractivity contribution in [3.63, 3.8) is 0 Å². The molecule has 2 unspecified atom stereocenters. The predicted octanol–water partition coefficient (Wildman–Crippen LogP) is 5.17. The average Bonchev–Trinajstić information content (AvgIpc) is 3.04. The zero-order valence-corrected chi connectivity index (χ0v) is 29.4. The summed E-state index contributed by atoms with van der Waals surface area (Å²) in [6.45, 7) is 11.0. The van der Waals surface area contributed by atoms with Crippen molar-refractivity contribution in [3.05, 3.63) is 81.4 Å².